The molecule has 0 saturated heterocycles. The number of carbonyl (C=O) groups is 4. The predicted molar refractivity (Wildman–Crippen MR) is 142 cm³/mol. The van der Waals surface area contributed by atoms with Crippen molar-refractivity contribution in [2.45, 2.75) is 20.0 Å². The number of anilines is 3. The van der Waals surface area contributed by atoms with Crippen molar-refractivity contribution in [3.63, 3.8) is 0 Å². The van der Waals surface area contributed by atoms with Gasteiger partial charge in [0, 0.05) is 16.9 Å². The second-order valence-corrected chi connectivity index (χ2v) is 9.21. The molecule has 8 nitrogen and oxygen atoms in total. The van der Waals surface area contributed by atoms with E-state index in [2.05, 4.69) is 10.6 Å². The molecule has 4 rings (SSSR count). The smallest absolute Gasteiger partial charge is 0.338 e. The van der Waals surface area contributed by atoms with Crippen LogP contribution in [-0.4, -0.2) is 29.8 Å². The second kappa shape index (κ2) is 11.0. The topological polar surface area (TPSA) is 105 Å². The van der Waals surface area contributed by atoms with Gasteiger partial charge in [-0.3, -0.25) is 14.4 Å². The van der Waals surface area contributed by atoms with Crippen LogP contribution in [0.15, 0.2) is 77.5 Å². The van der Waals surface area contributed by atoms with Crippen molar-refractivity contribution in [2.24, 2.45) is 0 Å². The number of ether oxygens (including phenoxy) is 1. The number of esters is 1. The van der Waals surface area contributed by atoms with E-state index in [1.165, 1.54) is 60.7 Å². The molecule has 0 bridgehead atoms. The van der Waals surface area contributed by atoms with Crippen molar-refractivity contribution >= 4 is 64.0 Å². The second-order valence-electron chi connectivity index (χ2n) is 8.42. The van der Waals surface area contributed by atoms with E-state index in [1.807, 2.05) is 0 Å². The number of hydrogen-bond acceptors (Lipinski definition) is 6. The van der Waals surface area contributed by atoms with E-state index in [9.17, 15) is 23.6 Å². The monoisotopic (exact) mass is 555 g/mol. The molecule has 1 heterocycles. The van der Waals surface area contributed by atoms with Gasteiger partial charge in [0.05, 0.1) is 22.4 Å². The van der Waals surface area contributed by atoms with Crippen molar-refractivity contribution in [1.29, 1.82) is 0 Å². The highest BCUT2D eigenvalue weighted by Crippen LogP contribution is 2.31. The number of amides is 3. The molecule has 3 aromatic rings. The molecule has 0 aliphatic carbocycles. The highest BCUT2D eigenvalue weighted by molar-refractivity contribution is 6.53. The molecule has 3 aromatic carbocycles. The van der Waals surface area contributed by atoms with Crippen molar-refractivity contribution in [1.82, 2.24) is 0 Å². The van der Waals surface area contributed by atoms with E-state index in [-0.39, 0.29) is 38.7 Å². The molecule has 194 valence electrons. The van der Waals surface area contributed by atoms with Gasteiger partial charge in [0.2, 0.25) is 0 Å². The molecule has 3 amide bonds. The van der Waals surface area contributed by atoms with Crippen LogP contribution < -0.4 is 15.5 Å². The Hall–Kier alpha value is -4.21. The molecule has 38 heavy (non-hydrogen) atoms. The average molecular weight is 556 g/mol. The number of nitrogens with one attached hydrogen (secondary N) is 2. The summed E-state index contributed by atoms with van der Waals surface area (Å²) < 4.78 is 18.5. The number of nitrogens with zero attached hydrogens (tertiary/aromatic N) is 1. The summed E-state index contributed by atoms with van der Waals surface area (Å²) >= 11 is 11.9. The molecule has 0 atom stereocenters. The number of benzene rings is 3. The summed E-state index contributed by atoms with van der Waals surface area (Å²) in [6.45, 7) is 3.41. The molecule has 1 aliphatic heterocycles. The molecular formula is C27H20Cl2FN3O5. The predicted octanol–water partition coefficient (Wildman–Crippen LogP) is 5.73. The van der Waals surface area contributed by atoms with Crippen LogP contribution in [0.1, 0.15) is 34.6 Å². The lowest BCUT2D eigenvalue weighted by atomic mass is 10.1. The Labute approximate surface area is 227 Å². The van der Waals surface area contributed by atoms with Crippen LogP contribution in [-0.2, 0) is 14.3 Å². The zero-order valence-electron chi connectivity index (χ0n) is 20.1. The zero-order valence-corrected chi connectivity index (χ0v) is 21.6. The third-order valence-electron chi connectivity index (χ3n) is 5.30. The molecule has 0 saturated carbocycles. The molecule has 0 unspecified atom stereocenters. The lowest BCUT2D eigenvalue weighted by Gasteiger charge is -2.16. The molecule has 11 heteroatoms. The fraction of sp³-hybridized carbons (Fsp3) is 0.111. The first-order chi connectivity index (χ1) is 18.0. The lowest BCUT2D eigenvalue weighted by Crippen LogP contribution is -2.32. The highest BCUT2D eigenvalue weighted by Gasteiger charge is 2.39. The average Bonchev–Trinajstić information content (AvgIpc) is 3.09. The summed E-state index contributed by atoms with van der Waals surface area (Å²) in [5.41, 5.74) is 1.14. The van der Waals surface area contributed by atoms with Gasteiger partial charge in [-0.1, -0.05) is 29.3 Å². The molecular weight excluding hydrogens is 536 g/mol. The Balaban J connectivity index is 1.47. The third-order valence-corrected chi connectivity index (χ3v) is 5.94. The Bertz CT molecular complexity index is 1490. The number of halogens is 3. The summed E-state index contributed by atoms with van der Waals surface area (Å²) in [5, 5.41) is 4.96. The van der Waals surface area contributed by atoms with Crippen molar-refractivity contribution in [2.75, 3.05) is 15.5 Å². The Morgan fingerprint density at radius 1 is 0.895 bits per heavy atom. The first-order valence-electron chi connectivity index (χ1n) is 11.3. The largest absolute Gasteiger partial charge is 0.459 e. The van der Waals surface area contributed by atoms with Gasteiger partial charge in [-0.15, -0.1) is 0 Å². The zero-order chi connectivity index (χ0) is 27.6. The van der Waals surface area contributed by atoms with E-state index >= 15 is 0 Å². The fourth-order valence-corrected chi connectivity index (χ4v) is 3.92. The number of hydrogen-bond donors (Lipinski definition) is 2. The van der Waals surface area contributed by atoms with Gasteiger partial charge < -0.3 is 15.4 Å². The third kappa shape index (κ3) is 5.69. The highest BCUT2D eigenvalue weighted by atomic mass is 35.5. The Morgan fingerprint density at radius 2 is 1.58 bits per heavy atom. The van der Waals surface area contributed by atoms with E-state index in [1.54, 1.807) is 13.8 Å². The maximum absolute atomic E-state index is 13.3. The van der Waals surface area contributed by atoms with Gasteiger partial charge in [0.25, 0.3) is 17.7 Å². The Morgan fingerprint density at radius 3 is 2.24 bits per heavy atom. The van der Waals surface area contributed by atoms with Gasteiger partial charge in [0.15, 0.2) is 0 Å². The minimum atomic E-state index is -0.762. The van der Waals surface area contributed by atoms with Crippen LogP contribution >= 0.6 is 23.2 Å². The summed E-state index contributed by atoms with van der Waals surface area (Å²) in [4.78, 5) is 51.5. The summed E-state index contributed by atoms with van der Waals surface area (Å²) in [6, 6.07) is 15.7. The number of imide groups is 1. The van der Waals surface area contributed by atoms with Crippen LogP contribution in [0.3, 0.4) is 0 Å². The van der Waals surface area contributed by atoms with E-state index < -0.39 is 29.5 Å². The summed E-state index contributed by atoms with van der Waals surface area (Å²) in [7, 11) is 0. The van der Waals surface area contributed by atoms with Crippen molar-refractivity contribution in [3.8, 4) is 0 Å². The van der Waals surface area contributed by atoms with E-state index in [0.29, 0.717) is 11.4 Å². The minimum Gasteiger partial charge on any atom is -0.459 e. The van der Waals surface area contributed by atoms with Crippen LogP contribution in [0.2, 0.25) is 5.02 Å². The molecule has 0 radical (unpaired) electrons. The van der Waals surface area contributed by atoms with Crippen LogP contribution in [0.4, 0.5) is 21.5 Å². The molecule has 0 fully saturated rings. The number of carbonyl (C=O) groups excluding carboxylic acids is 4. The minimum absolute atomic E-state index is 0.125. The van der Waals surface area contributed by atoms with E-state index in [4.69, 9.17) is 27.9 Å². The van der Waals surface area contributed by atoms with Gasteiger partial charge in [-0.2, -0.15) is 0 Å². The standard InChI is InChI=1S/C27H20Cl2FN3O5/c1-14(2)38-27(37)16-4-3-5-19(12-16)33-25(35)22(29)23(26(33)36)31-17-8-6-15(7-9-17)24(34)32-18-10-11-21(30)20(28)13-18/h3-14,31H,1-2H3,(H,32,34). The molecule has 0 aromatic heterocycles. The van der Waals surface area contributed by atoms with Crippen molar-refractivity contribution in [3.05, 3.63) is 99.4 Å². The SMILES string of the molecule is CC(C)OC(=O)c1cccc(N2C(=O)C(Cl)=C(Nc3ccc(C(=O)Nc4ccc(F)c(Cl)c4)cc3)C2=O)c1. The fourth-order valence-electron chi connectivity index (χ4n) is 3.53. The van der Waals surface area contributed by atoms with Gasteiger partial charge in [0.1, 0.15) is 16.5 Å². The first kappa shape index (κ1) is 26.8. The van der Waals surface area contributed by atoms with Crippen LogP contribution in [0, 0.1) is 5.82 Å². The molecule has 1 aliphatic rings. The normalized spacial score (nSPS) is 13.3. The van der Waals surface area contributed by atoms with Gasteiger partial charge in [-0.25, -0.2) is 14.1 Å². The Kier molecular flexibility index (Phi) is 7.80. The number of rotatable bonds is 7. The van der Waals surface area contributed by atoms with E-state index in [0.717, 1.165) is 11.0 Å². The van der Waals surface area contributed by atoms with Crippen LogP contribution in [0.5, 0.6) is 0 Å². The van der Waals surface area contributed by atoms with Crippen LogP contribution in [0.25, 0.3) is 0 Å². The first-order valence-corrected chi connectivity index (χ1v) is 12.0. The summed E-state index contributed by atoms with van der Waals surface area (Å²) in [6.07, 6.45) is -0.341. The quantitative estimate of drug-likeness (QED) is 0.285. The van der Waals surface area contributed by atoms with Gasteiger partial charge in [-0.05, 0) is 74.5 Å². The molecule has 0 spiro atoms. The lowest BCUT2D eigenvalue weighted by molar-refractivity contribution is -0.120. The summed E-state index contributed by atoms with van der Waals surface area (Å²) in [5.74, 6) is -3.14. The maximum Gasteiger partial charge on any atom is 0.338 e. The van der Waals surface area contributed by atoms with Crippen molar-refractivity contribution < 1.29 is 28.3 Å². The van der Waals surface area contributed by atoms with Gasteiger partial charge >= 0.3 is 5.97 Å². The molecule has 2 N–H and O–H groups in total. The maximum atomic E-state index is 13.3.